The Hall–Kier alpha value is -1.14. The summed E-state index contributed by atoms with van der Waals surface area (Å²) in [5.41, 5.74) is 0. The Bertz CT molecular complexity index is 372. The van der Waals surface area contributed by atoms with Crippen molar-refractivity contribution in [1.29, 1.82) is 0 Å². The standard InChI is InChI=1S/C22H42O6/c1-4-7-8-9-10-11-12-13-14-15-17-20(22(24)28-26-6-3)18-16-19-21(23)27-25-5-2/h20H,4-19H2,1-3H3. The predicted molar refractivity (Wildman–Crippen MR) is 109 cm³/mol. The van der Waals surface area contributed by atoms with E-state index in [9.17, 15) is 9.59 Å². The van der Waals surface area contributed by atoms with Crippen LogP contribution in [0.15, 0.2) is 0 Å². The molecule has 6 heteroatoms. The SMILES string of the molecule is CCCCCCCCCCCCC(CCCC(=O)OOCC)C(=O)OOCC. The lowest BCUT2D eigenvalue weighted by Crippen LogP contribution is -2.19. The second kappa shape index (κ2) is 20.6. The van der Waals surface area contributed by atoms with E-state index in [1.165, 1.54) is 51.4 Å². The fraction of sp³-hybridized carbons (Fsp3) is 0.909. The third kappa shape index (κ3) is 17.0. The van der Waals surface area contributed by atoms with Crippen LogP contribution in [0.2, 0.25) is 0 Å². The molecule has 0 spiro atoms. The molecular formula is C22H42O6. The summed E-state index contributed by atoms with van der Waals surface area (Å²) in [6, 6.07) is 0. The number of rotatable bonds is 20. The molecule has 0 aliphatic carbocycles. The van der Waals surface area contributed by atoms with Gasteiger partial charge in [-0.2, -0.15) is 9.78 Å². The molecule has 0 saturated heterocycles. The largest absolute Gasteiger partial charge is 0.345 e. The summed E-state index contributed by atoms with van der Waals surface area (Å²) in [5, 5.41) is 0. The van der Waals surface area contributed by atoms with Crippen LogP contribution in [-0.2, 0) is 29.1 Å². The molecule has 0 radical (unpaired) electrons. The van der Waals surface area contributed by atoms with E-state index in [1.807, 2.05) is 0 Å². The molecule has 0 aromatic carbocycles. The Labute approximate surface area is 171 Å². The van der Waals surface area contributed by atoms with E-state index in [2.05, 4.69) is 16.7 Å². The van der Waals surface area contributed by atoms with Gasteiger partial charge in [-0.25, -0.2) is 9.59 Å². The summed E-state index contributed by atoms with van der Waals surface area (Å²) in [4.78, 5) is 42.5. The number of carbonyl (C=O) groups is 2. The molecule has 166 valence electrons. The van der Waals surface area contributed by atoms with Crippen molar-refractivity contribution in [2.75, 3.05) is 13.2 Å². The zero-order valence-corrected chi connectivity index (χ0v) is 18.3. The van der Waals surface area contributed by atoms with Crippen molar-refractivity contribution >= 4 is 11.9 Å². The molecule has 6 nitrogen and oxygen atoms in total. The maximum atomic E-state index is 12.2. The number of unbranched alkanes of at least 4 members (excludes halogenated alkanes) is 9. The summed E-state index contributed by atoms with van der Waals surface area (Å²) in [6.07, 6.45) is 14.7. The average molecular weight is 403 g/mol. The van der Waals surface area contributed by atoms with Crippen LogP contribution >= 0.6 is 0 Å². The lowest BCUT2D eigenvalue weighted by atomic mass is 9.95. The molecule has 0 saturated carbocycles. The lowest BCUT2D eigenvalue weighted by Gasteiger charge is -2.14. The highest BCUT2D eigenvalue weighted by molar-refractivity contribution is 5.72. The van der Waals surface area contributed by atoms with Crippen LogP contribution in [0.1, 0.15) is 111 Å². The number of hydrogen-bond donors (Lipinski definition) is 0. The topological polar surface area (TPSA) is 71.1 Å². The van der Waals surface area contributed by atoms with E-state index in [-0.39, 0.29) is 18.3 Å². The third-order valence-corrected chi connectivity index (χ3v) is 4.70. The Morgan fingerprint density at radius 1 is 0.643 bits per heavy atom. The first-order chi connectivity index (χ1) is 13.7. The van der Waals surface area contributed by atoms with Crippen LogP contribution in [0.4, 0.5) is 0 Å². The van der Waals surface area contributed by atoms with Gasteiger partial charge in [0.1, 0.15) is 0 Å². The summed E-state index contributed by atoms with van der Waals surface area (Å²) in [6.45, 7) is 6.42. The molecule has 0 rings (SSSR count). The molecule has 0 aromatic rings. The fourth-order valence-electron chi connectivity index (χ4n) is 3.10. The predicted octanol–water partition coefficient (Wildman–Crippen LogP) is 6.07. The third-order valence-electron chi connectivity index (χ3n) is 4.70. The van der Waals surface area contributed by atoms with Gasteiger partial charge in [-0.1, -0.05) is 71.1 Å². The zero-order chi connectivity index (χ0) is 20.9. The molecule has 0 bridgehead atoms. The molecule has 28 heavy (non-hydrogen) atoms. The average Bonchev–Trinajstić information content (AvgIpc) is 2.70. The molecular weight excluding hydrogens is 360 g/mol. The number of hydrogen-bond acceptors (Lipinski definition) is 6. The van der Waals surface area contributed by atoms with Crippen molar-refractivity contribution < 1.29 is 29.1 Å². The highest BCUT2D eigenvalue weighted by atomic mass is 17.2. The normalized spacial score (nSPS) is 12.0. The summed E-state index contributed by atoms with van der Waals surface area (Å²) in [7, 11) is 0. The van der Waals surface area contributed by atoms with Crippen molar-refractivity contribution in [2.24, 2.45) is 5.92 Å². The highest BCUT2D eigenvalue weighted by Gasteiger charge is 2.21. The molecule has 0 aliphatic rings. The van der Waals surface area contributed by atoms with E-state index in [0.717, 1.165) is 19.3 Å². The fourth-order valence-corrected chi connectivity index (χ4v) is 3.10. The first-order valence-electron chi connectivity index (χ1n) is 11.3. The smallest absolute Gasteiger partial charge is 0.298 e. The van der Waals surface area contributed by atoms with E-state index in [1.54, 1.807) is 13.8 Å². The van der Waals surface area contributed by atoms with E-state index >= 15 is 0 Å². The minimum absolute atomic E-state index is 0.233. The van der Waals surface area contributed by atoms with Gasteiger partial charge in [0.15, 0.2) is 0 Å². The van der Waals surface area contributed by atoms with E-state index < -0.39 is 5.97 Å². The molecule has 0 amide bonds. The molecule has 1 unspecified atom stereocenters. The highest BCUT2D eigenvalue weighted by Crippen LogP contribution is 2.20. The first kappa shape index (κ1) is 26.9. The minimum atomic E-state index is -0.405. The maximum absolute atomic E-state index is 12.2. The van der Waals surface area contributed by atoms with Crippen molar-refractivity contribution in [2.45, 2.75) is 111 Å². The van der Waals surface area contributed by atoms with Crippen LogP contribution in [0.5, 0.6) is 0 Å². The van der Waals surface area contributed by atoms with Gasteiger partial charge in [0.05, 0.1) is 19.1 Å². The summed E-state index contributed by atoms with van der Waals surface area (Å²) < 4.78 is 0. The lowest BCUT2D eigenvalue weighted by molar-refractivity contribution is -0.274. The van der Waals surface area contributed by atoms with Crippen LogP contribution in [0, 0.1) is 5.92 Å². The van der Waals surface area contributed by atoms with Gasteiger partial charge in [-0.05, 0) is 33.1 Å². The monoisotopic (exact) mass is 402 g/mol. The van der Waals surface area contributed by atoms with Crippen molar-refractivity contribution in [3.05, 3.63) is 0 Å². The van der Waals surface area contributed by atoms with Crippen LogP contribution in [0.3, 0.4) is 0 Å². The van der Waals surface area contributed by atoms with Crippen molar-refractivity contribution in [1.82, 2.24) is 0 Å². The van der Waals surface area contributed by atoms with Gasteiger partial charge in [-0.15, -0.1) is 0 Å². The molecule has 0 aromatic heterocycles. The van der Waals surface area contributed by atoms with Gasteiger partial charge >= 0.3 is 11.9 Å². The Morgan fingerprint density at radius 2 is 1.14 bits per heavy atom. The Balaban J connectivity index is 3.95. The molecule has 1 atom stereocenters. The summed E-state index contributed by atoms with van der Waals surface area (Å²) >= 11 is 0. The quantitative estimate of drug-likeness (QED) is 0.140. The van der Waals surface area contributed by atoms with Gasteiger partial charge in [0.2, 0.25) is 0 Å². The van der Waals surface area contributed by atoms with Crippen molar-refractivity contribution in [3.63, 3.8) is 0 Å². The molecule has 0 N–H and O–H groups in total. The first-order valence-corrected chi connectivity index (χ1v) is 11.3. The van der Waals surface area contributed by atoms with Gasteiger partial charge in [0, 0.05) is 6.42 Å². The molecule has 0 aliphatic heterocycles. The van der Waals surface area contributed by atoms with Crippen LogP contribution in [0.25, 0.3) is 0 Å². The van der Waals surface area contributed by atoms with Crippen LogP contribution < -0.4 is 0 Å². The van der Waals surface area contributed by atoms with Gasteiger partial charge < -0.3 is 0 Å². The second-order valence-corrected chi connectivity index (χ2v) is 7.23. The van der Waals surface area contributed by atoms with Crippen LogP contribution in [-0.4, -0.2) is 25.2 Å². The molecule has 0 fully saturated rings. The maximum Gasteiger partial charge on any atom is 0.345 e. The Morgan fingerprint density at radius 3 is 1.71 bits per heavy atom. The van der Waals surface area contributed by atoms with Crippen molar-refractivity contribution in [3.8, 4) is 0 Å². The van der Waals surface area contributed by atoms with E-state index in [0.29, 0.717) is 26.1 Å². The Kier molecular flexibility index (Phi) is 19.8. The zero-order valence-electron chi connectivity index (χ0n) is 18.3. The van der Waals surface area contributed by atoms with Gasteiger partial charge in [-0.3, -0.25) is 9.78 Å². The van der Waals surface area contributed by atoms with Gasteiger partial charge in [0.25, 0.3) is 0 Å². The second-order valence-electron chi connectivity index (χ2n) is 7.23. The molecule has 0 heterocycles. The summed E-state index contributed by atoms with van der Waals surface area (Å²) in [5.74, 6) is -0.978. The minimum Gasteiger partial charge on any atom is -0.298 e. The van der Waals surface area contributed by atoms with E-state index in [4.69, 9.17) is 9.78 Å². The number of carbonyl (C=O) groups excluding carboxylic acids is 2.